The van der Waals surface area contributed by atoms with E-state index in [1.807, 2.05) is 26.8 Å². The summed E-state index contributed by atoms with van der Waals surface area (Å²) in [6.45, 7) is 9.02. The Labute approximate surface area is 139 Å². The number of nitrogens with one attached hydrogen (secondary N) is 1. The standard InChI is InChI=1S/C17H24N2O3S/c1-10-5-6-14-15(9-22-16(14)11(10)2)18-17(20)19-7-8-23(21)13(4)12(19)3/h5-6,12-13,15H,7-9H2,1-4H3,(H,18,20). The van der Waals surface area contributed by atoms with Crippen LogP contribution in [0.3, 0.4) is 0 Å². The SMILES string of the molecule is Cc1ccc2c(c1C)OCC2NC(=O)N1CCS(=O)C(C)C1C. The van der Waals surface area contributed by atoms with Crippen LogP contribution in [-0.2, 0) is 10.8 Å². The Hall–Kier alpha value is -1.56. The van der Waals surface area contributed by atoms with E-state index in [0.717, 1.165) is 16.9 Å². The highest BCUT2D eigenvalue weighted by molar-refractivity contribution is 7.85. The van der Waals surface area contributed by atoms with Crippen LogP contribution in [0, 0.1) is 13.8 Å². The first-order chi connectivity index (χ1) is 10.9. The molecule has 1 saturated heterocycles. The molecular weight excluding hydrogens is 312 g/mol. The number of fused-ring (bicyclic) bond motifs is 1. The van der Waals surface area contributed by atoms with Crippen molar-refractivity contribution in [2.45, 2.75) is 45.0 Å². The largest absolute Gasteiger partial charge is 0.490 e. The van der Waals surface area contributed by atoms with Gasteiger partial charge in [0.15, 0.2) is 0 Å². The Bertz CT molecular complexity index is 661. The third-order valence-electron chi connectivity index (χ3n) is 5.15. The van der Waals surface area contributed by atoms with Gasteiger partial charge in [-0.3, -0.25) is 4.21 Å². The lowest BCUT2D eigenvalue weighted by Crippen LogP contribution is -2.55. The van der Waals surface area contributed by atoms with Crippen LogP contribution >= 0.6 is 0 Å². The second-order valence-electron chi connectivity index (χ2n) is 6.46. The monoisotopic (exact) mass is 336 g/mol. The van der Waals surface area contributed by atoms with E-state index in [1.54, 1.807) is 4.90 Å². The van der Waals surface area contributed by atoms with Crippen molar-refractivity contribution in [1.29, 1.82) is 0 Å². The molecule has 1 aromatic rings. The number of benzene rings is 1. The number of rotatable bonds is 1. The minimum atomic E-state index is -0.845. The highest BCUT2D eigenvalue weighted by Gasteiger charge is 2.35. The van der Waals surface area contributed by atoms with Crippen molar-refractivity contribution in [3.63, 3.8) is 0 Å². The fraction of sp³-hybridized carbons (Fsp3) is 0.588. The first-order valence-electron chi connectivity index (χ1n) is 8.07. The Kier molecular flexibility index (Phi) is 4.36. The van der Waals surface area contributed by atoms with Crippen LogP contribution in [-0.4, -0.2) is 45.3 Å². The molecule has 3 rings (SSSR count). The van der Waals surface area contributed by atoms with Gasteiger partial charge in [-0.15, -0.1) is 0 Å². The van der Waals surface area contributed by atoms with Crippen LogP contribution in [0.25, 0.3) is 0 Å². The molecular formula is C17H24N2O3S. The van der Waals surface area contributed by atoms with Crippen LogP contribution in [0.5, 0.6) is 5.75 Å². The van der Waals surface area contributed by atoms with Crippen molar-refractivity contribution in [3.8, 4) is 5.75 Å². The summed E-state index contributed by atoms with van der Waals surface area (Å²) in [5.74, 6) is 1.45. The number of hydrogen-bond acceptors (Lipinski definition) is 3. The summed E-state index contributed by atoms with van der Waals surface area (Å²) in [5, 5.41) is 3.09. The topological polar surface area (TPSA) is 58.6 Å². The Balaban J connectivity index is 1.73. The molecule has 4 unspecified atom stereocenters. The average molecular weight is 336 g/mol. The van der Waals surface area contributed by atoms with E-state index < -0.39 is 10.8 Å². The smallest absolute Gasteiger partial charge is 0.318 e. The third-order valence-corrected chi connectivity index (χ3v) is 6.96. The first-order valence-corrected chi connectivity index (χ1v) is 9.45. The first kappa shape index (κ1) is 16.3. The van der Waals surface area contributed by atoms with Crippen LogP contribution < -0.4 is 10.1 Å². The molecule has 5 nitrogen and oxygen atoms in total. The lowest BCUT2D eigenvalue weighted by molar-refractivity contribution is 0.172. The average Bonchev–Trinajstić information content (AvgIpc) is 2.92. The van der Waals surface area contributed by atoms with E-state index in [0.29, 0.717) is 18.9 Å². The molecule has 2 heterocycles. The number of carbonyl (C=O) groups is 1. The number of ether oxygens (including phenoxy) is 1. The highest BCUT2D eigenvalue weighted by Crippen LogP contribution is 2.36. The molecule has 0 radical (unpaired) electrons. The van der Waals surface area contributed by atoms with Crippen molar-refractivity contribution in [1.82, 2.24) is 10.2 Å². The van der Waals surface area contributed by atoms with Crippen LogP contribution in [0.1, 0.15) is 36.6 Å². The molecule has 1 fully saturated rings. The summed E-state index contributed by atoms with van der Waals surface area (Å²) in [7, 11) is -0.845. The van der Waals surface area contributed by atoms with Gasteiger partial charge in [0.2, 0.25) is 0 Å². The molecule has 0 bridgehead atoms. The highest BCUT2D eigenvalue weighted by atomic mass is 32.2. The third kappa shape index (κ3) is 2.84. The minimum absolute atomic E-state index is 0.00603. The predicted molar refractivity (Wildman–Crippen MR) is 91.3 cm³/mol. The van der Waals surface area contributed by atoms with Gasteiger partial charge in [-0.25, -0.2) is 4.79 Å². The molecule has 0 aliphatic carbocycles. The van der Waals surface area contributed by atoms with Gasteiger partial charge in [0.05, 0.1) is 11.3 Å². The van der Waals surface area contributed by atoms with Gasteiger partial charge >= 0.3 is 6.03 Å². The fourth-order valence-electron chi connectivity index (χ4n) is 3.22. The molecule has 2 aliphatic rings. The summed E-state index contributed by atoms with van der Waals surface area (Å²) in [4.78, 5) is 14.4. The summed E-state index contributed by atoms with van der Waals surface area (Å²) < 4.78 is 17.7. The predicted octanol–water partition coefficient (Wildman–Crippen LogP) is 2.29. The van der Waals surface area contributed by atoms with Gasteiger partial charge < -0.3 is 15.0 Å². The van der Waals surface area contributed by atoms with E-state index in [-0.39, 0.29) is 23.4 Å². The maximum Gasteiger partial charge on any atom is 0.318 e. The molecule has 2 aliphatic heterocycles. The zero-order valence-corrected chi connectivity index (χ0v) is 14.9. The molecule has 2 amide bonds. The van der Waals surface area contributed by atoms with Gasteiger partial charge in [0.1, 0.15) is 12.4 Å². The number of amides is 2. The van der Waals surface area contributed by atoms with Crippen LogP contribution in [0.15, 0.2) is 12.1 Å². The molecule has 6 heteroatoms. The van der Waals surface area contributed by atoms with Gasteiger partial charge in [0.25, 0.3) is 0 Å². The lowest BCUT2D eigenvalue weighted by Gasteiger charge is -2.37. The van der Waals surface area contributed by atoms with Crippen molar-refractivity contribution in [3.05, 3.63) is 28.8 Å². The number of urea groups is 1. The molecule has 126 valence electrons. The fourth-order valence-corrected chi connectivity index (χ4v) is 4.56. The number of aryl methyl sites for hydroxylation is 1. The van der Waals surface area contributed by atoms with Gasteiger partial charge in [-0.1, -0.05) is 12.1 Å². The van der Waals surface area contributed by atoms with Gasteiger partial charge in [-0.2, -0.15) is 0 Å². The maximum absolute atomic E-state index is 12.6. The van der Waals surface area contributed by atoms with E-state index >= 15 is 0 Å². The lowest BCUT2D eigenvalue weighted by atomic mass is 10.0. The Morgan fingerprint density at radius 3 is 2.83 bits per heavy atom. The number of carbonyl (C=O) groups excluding carboxylic acids is 1. The zero-order chi connectivity index (χ0) is 16.7. The second-order valence-corrected chi connectivity index (χ2v) is 8.38. The molecule has 1 aromatic carbocycles. The number of nitrogens with zero attached hydrogens (tertiary/aromatic N) is 1. The molecule has 0 spiro atoms. The molecule has 1 N–H and O–H groups in total. The van der Waals surface area contributed by atoms with Crippen molar-refractivity contribution in [2.24, 2.45) is 0 Å². The van der Waals surface area contributed by atoms with Gasteiger partial charge in [-0.05, 0) is 38.8 Å². The second kappa shape index (κ2) is 6.15. The molecule has 0 aromatic heterocycles. The quantitative estimate of drug-likeness (QED) is 0.856. The Morgan fingerprint density at radius 2 is 2.09 bits per heavy atom. The summed E-state index contributed by atoms with van der Waals surface area (Å²) in [6, 6.07) is 3.86. The van der Waals surface area contributed by atoms with E-state index in [4.69, 9.17) is 4.74 Å². The molecule has 0 saturated carbocycles. The van der Waals surface area contributed by atoms with E-state index in [2.05, 4.69) is 18.3 Å². The van der Waals surface area contributed by atoms with Crippen molar-refractivity contribution >= 4 is 16.8 Å². The summed E-state index contributed by atoms with van der Waals surface area (Å²) in [5.41, 5.74) is 3.37. The Morgan fingerprint density at radius 1 is 1.35 bits per heavy atom. The zero-order valence-electron chi connectivity index (χ0n) is 14.1. The number of hydrogen-bond donors (Lipinski definition) is 1. The van der Waals surface area contributed by atoms with E-state index in [1.165, 1.54) is 5.56 Å². The molecule has 4 atom stereocenters. The normalized spacial score (nSPS) is 29.8. The minimum Gasteiger partial charge on any atom is -0.490 e. The van der Waals surface area contributed by atoms with Crippen molar-refractivity contribution < 1.29 is 13.7 Å². The van der Waals surface area contributed by atoms with Crippen molar-refractivity contribution in [2.75, 3.05) is 18.9 Å². The molecule has 23 heavy (non-hydrogen) atoms. The van der Waals surface area contributed by atoms with E-state index in [9.17, 15) is 9.00 Å². The van der Waals surface area contributed by atoms with Crippen LogP contribution in [0.4, 0.5) is 4.79 Å². The summed E-state index contributed by atoms with van der Waals surface area (Å²) >= 11 is 0. The van der Waals surface area contributed by atoms with Crippen LogP contribution in [0.2, 0.25) is 0 Å². The maximum atomic E-state index is 12.6. The summed E-state index contributed by atoms with van der Waals surface area (Å²) in [6.07, 6.45) is 0. The van der Waals surface area contributed by atoms with Gasteiger partial charge in [0, 0.05) is 34.7 Å².